The van der Waals surface area contributed by atoms with E-state index in [1.807, 2.05) is 0 Å². The van der Waals surface area contributed by atoms with Gasteiger partial charge >= 0.3 is 0 Å². The second-order valence-electron chi connectivity index (χ2n) is 6.47. The number of methoxy groups -OCH3 is 2. The lowest BCUT2D eigenvalue weighted by Crippen LogP contribution is -2.31. The molecule has 2 aromatic carbocycles. The summed E-state index contributed by atoms with van der Waals surface area (Å²) in [4.78, 5) is 12.5. The fourth-order valence-electron chi connectivity index (χ4n) is 3.23. The molecule has 0 bridgehead atoms. The number of carbonyl (C=O) groups is 1. The fourth-order valence-corrected chi connectivity index (χ4v) is 4.12. The van der Waals surface area contributed by atoms with Crippen LogP contribution >= 0.6 is 11.6 Å². The van der Waals surface area contributed by atoms with Crippen molar-refractivity contribution in [1.82, 2.24) is 5.32 Å². The number of rotatable bonds is 6. The van der Waals surface area contributed by atoms with Crippen LogP contribution in [0.15, 0.2) is 35.2 Å². The summed E-state index contributed by atoms with van der Waals surface area (Å²) in [7, 11) is -1.16. The third-order valence-corrected chi connectivity index (χ3v) is 5.85. The van der Waals surface area contributed by atoms with Crippen LogP contribution in [0.5, 0.6) is 17.2 Å². The number of carbonyl (C=O) groups excluding carboxylic acids is 1. The standard InChI is InChI=1S/C19H21ClN2O6S/c1-26-15-4-3-12(20)7-14(15)19(23)22-10-11-5-6-28-16-9-17(27-2)18(8-13(11)16)29(21,24)25/h3-4,7-9,11H,5-6,10H2,1-2H3,(H,22,23)(H2,21,24,25)/t11-/m1/s1. The number of sulfonamides is 1. The van der Waals surface area contributed by atoms with Crippen molar-refractivity contribution >= 4 is 27.5 Å². The molecule has 10 heteroatoms. The van der Waals surface area contributed by atoms with E-state index in [1.165, 1.54) is 32.4 Å². The van der Waals surface area contributed by atoms with Gasteiger partial charge in [-0.15, -0.1) is 0 Å². The summed E-state index contributed by atoms with van der Waals surface area (Å²) in [5, 5.41) is 8.58. The van der Waals surface area contributed by atoms with Crippen LogP contribution in [0.25, 0.3) is 0 Å². The number of halogens is 1. The van der Waals surface area contributed by atoms with Gasteiger partial charge in [0.15, 0.2) is 0 Å². The number of primary sulfonamides is 1. The topological polar surface area (TPSA) is 117 Å². The monoisotopic (exact) mass is 440 g/mol. The summed E-state index contributed by atoms with van der Waals surface area (Å²) in [6, 6.07) is 7.72. The molecule has 0 saturated carbocycles. The van der Waals surface area contributed by atoms with E-state index in [1.54, 1.807) is 12.1 Å². The zero-order valence-electron chi connectivity index (χ0n) is 15.9. The van der Waals surface area contributed by atoms with Gasteiger partial charge in [0.1, 0.15) is 22.1 Å². The van der Waals surface area contributed by atoms with E-state index in [4.69, 9.17) is 31.0 Å². The molecule has 156 valence electrons. The Bertz CT molecular complexity index is 1040. The van der Waals surface area contributed by atoms with Crippen molar-refractivity contribution in [3.05, 3.63) is 46.5 Å². The molecule has 3 N–H and O–H groups in total. The van der Waals surface area contributed by atoms with Gasteiger partial charge in [0.05, 0.1) is 26.4 Å². The average Bonchev–Trinajstić information content (AvgIpc) is 2.70. The minimum Gasteiger partial charge on any atom is -0.496 e. The average molecular weight is 441 g/mol. The molecule has 0 radical (unpaired) electrons. The molecule has 0 spiro atoms. The van der Waals surface area contributed by atoms with Gasteiger partial charge in [-0.25, -0.2) is 13.6 Å². The molecule has 1 heterocycles. The lowest BCUT2D eigenvalue weighted by atomic mass is 9.92. The van der Waals surface area contributed by atoms with E-state index in [0.717, 1.165) is 0 Å². The van der Waals surface area contributed by atoms with Gasteiger partial charge in [-0.3, -0.25) is 4.79 Å². The van der Waals surface area contributed by atoms with Crippen LogP contribution < -0.4 is 24.7 Å². The highest BCUT2D eigenvalue weighted by molar-refractivity contribution is 7.89. The Labute approximate surface area is 173 Å². The van der Waals surface area contributed by atoms with E-state index >= 15 is 0 Å². The first-order chi connectivity index (χ1) is 13.7. The highest BCUT2D eigenvalue weighted by Crippen LogP contribution is 2.39. The largest absolute Gasteiger partial charge is 0.496 e. The zero-order valence-corrected chi connectivity index (χ0v) is 17.5. The Hall–Kier alpha value is -2.49. The summed E-state index contributed by atoms with van der Waals surface area (Å²) in [6.07, 6.45) is 0.594. The van der Waals surface area contributed by atoms with Gasteiger partial charge in [-0.1, -0.05) is 11.6 Å². The van der Waals surface area contributed by atoms with E-state index in [9.17, 15) is 13.2 Å². The second-order valence-corrected chi connectivity index (χ2v) is 8.44. The quantitative estimate of drug-likeness (QED) is 0.711. The lowest BCUT2D eigenvalue weighted by Gasteiger charge is -2.27. The molecule has 1 aliphatic heterocycles. The molecule has 2 aromatic rings. The number of hydrogen-bond donors (Lipinski definition) is 2. The first kappa shape index (κ1) is 21.2. The molecule has 29 heavy (non-hydrogen) atoms. The van der Waals surface area contributed by atoms with Crippen LogP contribution in [0.2, 0.25) is 5.02 Å². The number of nitrogens with one attached hydrogen (secondary N) is 1. The van der Waals surface area contributed by atoms with Crippen LogP contribution in [0.3, 0.4) is 0 Å². The van der Waals surface area contributed by atoms with Crippen molar-refractivity contribution in [3.63, 3.8) is 0 Å². The fraction of sp³-hybridized carbons (Fsp3) is 0.316. The van der Waals surface area contributed by atoms with Crippen molar-refractivity contribution in [2.45, 2.75) is 17.2 Å². The van der Waals surface area contributed by atoms with Crippen LogP contribution in [0.1, 0.15) is 28.3 Å². The Morgan fingerprint density at radius 1 is 1.24 bits per heavy atom. The number of fused-ring (bicyclic) bond motifs is 1. The first-order valence-corrected chi connectivity index (χ1v) is 10.7. The van der Waals surface area contributed by atoms with Crippen LogP contribution in [-0.2, 0) is 10.0 Å². The number of ether oxygens (including phenoxy) is 3. The van der Waals surface area contributed by atoms with Gasteiger partial charge in [-0.2, -0.15) is 0 Å². The molecule has 0 unspecified atom stereocenters. The Kier molecular flexibility index (Phi) is 6.21. The van der Waals surface area contributed by atoms with Gasteiger partial charge < -0.3 is 19.5 Å². The normalized spacial score (nSPS) is 15.8. The van der Waals surface area contributed by atoms with Crippen molar-refractivity contribution in [2.75, 3.05) is 27.4 Å². The summed E-state index contributed by atoms with van der Waals surface area (Å²) >= 11 is 5.99. The SMILES string of the molecule is COc1ccc(Cl)cc1C(=O)NC[C@H]1CCOc2cc(OC)c(S(N)(=O)=O)cc21. The van der Waals surface area contributed by atoms with Crippen LogP contribution in [0, 0.1) is 0 Å². The third kappa shape index (κ3) is 4.58. The Morgan fingerprint density at radius 3 is 2.62 bits per heavy atom. The maximum Gasteiger partial charge on any atom is 0.255 e. The molecule has 0 fully saturated rings. The van der Waals surface area contributed by atoms with E-state index in [2.05, 4.69) is 5.32 Å². The Balaban J connectivity index is 1.86. The summed E-state index contributed by atoms with van der Waals surface area (Å²) < 4.78 is 39.8. The highest BCUT2D eigenvalue weighted by Gasteiger charge is 2.27. The van der Waals surface area contributed by atoms with Gasteiger partial charge in [-0.05, 0) is 30.7 Å². The molecule has 1 amide bonds. The van der Waals surface area contributed by atoms with Crippen LogP contribution in [-0.4, -0.2) is 41.7 Å². The van der Waals surface area contributed by atoms with Gasteiger partial charge in [0, 0.05) is 29.1 Å². The van der Waals surface area contributed by atoms with Crippen molar-refractivity contribution < 1.29 is 27.4 Å². The van der Waals surface area contributed by atoms with E-state index < -0.39 is 10.0 Å². The van der Waals surface area contributed by atoms with Crippen molar-refractivity contribution in [2.24, 2.45) is 5.14 Å². The summed E-state index contributed by atoms with van der Waals surface area (Å²) in [6.45, 7) is 0.688. The van der Waals surface area contributed by atoms with E-state index in [0.29, 0.717) is 40.7 Å². The molecule has 1 atom stereocenters. The maximum absolute atomic E-state index is 12.6. The molecule has 3 rings (SSSR count). The third-order valence-electron chi connectivity index (χ3n) is 4.68. The predicted octanol–water partition coefficient (Wildman–Crippen LogP) is 2.30. The molecule has 0 aromatic heterocycles. The van der Waals surface area contributed by atoms with Gasteiger partial charge in [0.2, 0.25) is 10.0 Å². The van der Waals surface area contributed by atoms with Crippen molar-refractivity contribution in [3.8, 4) is 17.2 Å². The lowest BCUT2D eigenvalue weighted by molar-refractivity contribution is 0.0945. The van der Waals surface area contributed by atoms with Gasteiger partial charge in [0.25, 0.3) is 5.91 Å². The second kappa shape index (κ2) is 8.48. The molecule has 1 aliphatic rings. The first-order valence-electron chi connectivity index (χ1n) is 8.74. The molecular weight excluding hydrogens is 420 g/mol. The molecular formula is C19H21ClN2O6S. The smallest absolute Gasteiger partial charge is 0.255 e. The minimum absolute atomic E-state index is 0.111. The van der Waals surface area contributed by atoms with Crippen molar-refractivity contribution in [1.29, 1.82) is 0 Å². The summed E-state index contributed by atoms with van der Waals surface area (Å²) in [5.41, 5.74) is 0.951. The van der Waals surface area contributed by atoms with E-state index in [-0.39, 0.29) is 29.0 Å². The number of nitrogens with two attached hydrogens (primary N) is 1. The molecule has 8 nitrogen and oxygen atoms in total. The highest BCUT2D eigenvalue weighted by atomic mass is 35.5. The number of hydrogen-bond acceptors (Lipinski definition) is 6. The number of amides is 1. The molecule has 0 saturated heterocycles. The number of benzene rings is 2. The van der Waals surface area contributed by atoms with Crippen LogP contribution in [0.4, 0.5) is 0 Å². The Morgan fingerprint density at radius 2 is 1.97 bits per heavy atom. The summed E-state index contributed by atoms with van der Waals surface area (Å²) in [5.74, 6) is 0.497. The molecule has 0 aliphatic carbocycles. The zero-order chi connectivity index (χ0) is 21.2. The predicted molar refractivity (Wildman–Crippen MR) is 108 cm³/mol. The minimum atomic E-state index is -3.99. The maximum atomic E-state index is 12.6.